The minimum Gasteiger partial charge on any atom is -0.508 e. The van der Waals surface area contributed by atoms with Crippen molar-refractivity contribution in [1.29, 1.82) is 0 Å². The molecular formula is C13H12N2O3. The standard InChI is InChI=1S/C13H12N2O3/c1-8-9(4-2-6-11(8)16)15-13(18)10-5-3-7-12(17)14-10/h2-7,16H,1H3,(H,14,17)(H,15,18). The Kier molecular flexibility index (Phi) is 3.14. The number of aromatic amines is 1. The number of rotatable bonds is 2. The van der Waals surface area contributed by atoms with Crippen LogP contribution in [0.3, 0.4) is 0 Å². The first kappa shape index (κ1) is 11.9. The summed E-state index contributed by atoms with van der Waals surface area (Å²) < 4.78 is 0. The van der Waals surface area contributed by atoms with E-state index in [1.54, 1.807) is 19.1 Å². The number of hydrogen-bond acceptors (Lipinski definition) is 3. The van der Waals surface area contributed by atoms with Crippen LogP contribution in [0, 0.1) is 6.92 Å². The van der Waals surface area contributed by atoms with E-state index in [0.717, 1.165) is 0 Å². The lowest BCUT2D eigenvalue weighted by Gasteiger charge is -2.09. The molecule has 0 unspecified atom stereocenters. The summed E-state index contributed by atoms with van der Waals surface area (Å²) in [5, 5.41) is 12.1. The SMILES string of the molecule is Cc1c(O)cccc1NC(=O)c1cccc(=O)[nH]1. The summed E-state index contributed by atoms with van der Waals surface area (Å²) >= 11 is 0. The molecule has 0 fully saturated rings. The van der Waals surface area contributed by atoms with E-state index in [0.29, 0.717) is 11.3 Å². The third-order valence-corrected chi connectivity index (χ3v) is 2.57. The topological polar surface area (TPSA) is 82.2 Å². The lowest BCUT2D eigenvalue weighted by atomic mass is 10.2. The number of aromatic nitrogens is 1. The average Bonchev–Trinajstić information content (AvgIpc) is 2.35. The highest BCUT2D eigenvalue weighted by Crippen LogP contribution is 2.23. The Balaban J connectivity index is 2.27. The van der Waals surface area contributed by atoms with Crippen LogP contribution in [0.1, 0.15) is 16.1 Å². The van der Waals surface area contributed by atoms with Crippen LogP contribution in [-0.4, -0.2) is 16.0 Å². The van der Waals surface area contributed by atoms with E-state index in [9.17, 15) is 14.7 Å². The number of carbonyl (C=O) groups excluding carboxylic acids is 1. The average molecular weight is 244 g/mol. The van der Waals surface area contributed by atoms with Crippen molar-refractivity contribution in [3.05, 3.63) is 58.0 Å². The summed E-state index contributed by atoms with van der Waals surface area (Å²) in [6.07, 6.45) is 0. The normalized spacial score (nSPS) is 10.1. The molecule has 5 heteroatoms. The molecule has 1 heterocycles. The van der Waals surface area contributed by atoms with Crippen LogP contribution in [-0.2, 0) is 0 Å². The van der Waals surface area contributed by atoms with Crippen molar-refractivity contribution in [2.24, 2.45) is 0 Å². The Hall–Kier alpha value is -2.56. The Morgan fingerprint density at radius 1 is 1.22 bits per heavy atom. The predicted molar refractivity (Wildman–Crippen MR) is 67.9 cm³/mol. The number of amides is 1. The second-order valence-corrected chi connectivity index (χ2v) is 3.83. The fourth-order valence-electron chi connectivity index (χ4n) is 1.53. The molecule has 0 aliphatic carbocycles. The van der Waals surface area contributed by atoms with Crippen molar-refractivity contribution in [2.45, 2.75) is 6.92 Å². The number of pyridine rings is 1. The number of H-pyrrole nitrogens is 1. The van der Waals surface area contributed by atoms with Gasteiger partial charge in [-0.2, -0.15) is 0 Å². The van der Waals surface area contributed by atoms with Crippen LogP contribution in [0.25, 0.3) is 0 Å². The van der Waals surface area contributed by atoms with E-state index < -0.39 is 5.91 Å². The number of hydrogen-bond donors (Lipinski definition) is 3. The van der Waals surface area contributed by atoms with Crippen LogP contribution in [0.4, 0.5) is 5.69 Å². The summed E-state index contributed by atoms with van der Waals surface area (Å²) in [6.45, 7) is 1.69. The zero-order valence-electron chi connectivity index (χ0n) is 9.73. The second kappa shape index (κ2) is 4.75. The number of anilines is 1. The molecule has 2 rings (SSSR count). The van der Waals surface area contributed by atoms with Crippen molar-refractivity contribution >= 4 is 11.6 Å². The van der Waals surface area contributed by atoms with Gasteiger partial charge in [0.15, 0.2) is 0 Å². The first-order valence-electron chi connectivity index (χ1n) is 5.37. The molecule has 0 bridgehead atoms. The van der Waals surface area contributed by atoms with Gasteiger partial charge in [-0.25, -0.2) is 0 Å². The third kappa shape index (κ3) is 2.40. The van der Waals surface area contributed by atoms with Gasteiger partial charge in [-0.05, 0) is 25.1 Å². The van der Waals surface area contributed by atoms with Gasteiger partial charge in [0.25, 0.3) is 5.91 Å². The smallest absolute Gasteiger partial charge is 0.272 e. The number of aromatic hydroxyl groups is 1. The Bertz CT molecular complexity index is 647. The van der Waals surface area contributed by atoms with E-state index >= 15 is 0 Å². The summed E-state index contributed by atoms with van der Waals surface area (Å²) in [4.78, 5) is 25.4. The molecule has 3 N–H and O–H groups in total. The molecule has 0 saturated carbocycles. The highest BCUT2D eigenvalue weighted by atomic mass is 16.3. The number of phenols is 1. The molecule has 1 aromatic carbocycles. The zero-order valence-corrected chi connectivity index (χ0v) is 9.73. The minimum atomic E-state index is -0.429. The molecular weight excluding hydrogens is 232 g/mol. The largest absolute Gasteiger partial charge is 0.508 e. The van der Waals surface area contributed by atoms with Crippen molar-refractivity contribution in [1.82, 2.24) is 4.98 Å². The fraction of sp³-hybridized carbons (Fsp3) is 0.0769. The highest BCUT2D eigenvalue weighted by Gasteiger charge is 2.09. The quantitative estimate of drug-likeness (QED) is 0.751. The van der Waals surface area contributed by atoms with Crippen LogP contribution >= 0.6 is 0 Å². The van der Waals surface area contributed by atoms with Gasteiger partial charge in [-0.1, -0.05) is 12.1 Å². The molecule has 0 atom stereocenters. The third-order valence-electron chi connectivity index (χ3n) is 2.57. The van der Waals surface area contributed by atoms with Crippen LogP contribution in [0.2, 0.25) is 0 Å². The van der Waals surface area contributed by atoms with Crippen LogP contribution in [0.15, 0.2) is 41.2 Å². The molecule has 18 heavy (non-hydrogen) atoms. The molecule has 0 saturated heterocycles. The first-order chi connectivity index (χ1) is 8.58. The fourth-order valence-corrected chi connectivity index (χ4v) is 1.53. The molecule has 5 nitrogen and oxygen atoms in total. The van der Waals surface area contributed by atoms with Gasteiger partial charge < -0.3 is 15.4 Å². The van der Waals surface area contributed by atoms with E-state index in [4.69, 9.17) is 0 Å². The Morgan fingerprint density at radius 3 is 2.67 bits per heavy atom. The van der Waals surface area contributed by atoms with E-state index in [1.807, 2.05) is 0 Å². The number of phenolic OH excluding ortho intramolecular Hbond substituents is 1. The summed E-state index contributed by atoms with van der Waals surface area (Å²) in [7, 11) is 0. The van der Waals surface area contributed by atoms with Gasteiger partial charge >= 0.3 is 0 Å². The van der Waals surface area contributed by atoms with Gasteiger partial charge in [-0.15, -0.1) is 0 Å². The van der Waals surface area contributed by atoms with Crippen molar-refractivity contribution < 1.29 is 9.90 Å². The molecule has 0 radical (unpaired) electrons. The Morgan fingerprint density at radius 2 is 1.94 bits per heavy atom. The van der Waals surface area contributed by atoms with E-state index in [1.165, 1.54) is 24.3 Å². The molecule has 1 amide bonds. The molecule has 0 aliphatic heterocycles. The van der Waals surface area contributed by atoms with Crippen LogP contribution < -0.4 is 10.9 Å². The lowest BCUT2D eigenvalue weighted by molar-refractivity contribution is 0.102. The minimum absolute atomic E-state index is 0.106. The van der Waals surface area contributed by atoms with Crippen molar-refractivity contribution in [3.63, 3.8) is 0 Å². The van der Waals surface area contributed by atoms with Gasteiger partial charge in [0.1, 0.15) is 11.4 Å². The van der Waals surface area contributed by atoms with Crippen LogP contribution in [0.5, 0.6) is 5.75 Å². The van der Waals surface area contributed by atoms with E-state index in [-0.39, 0.29) is 17.0 Å². The van der Waals surface area contributed by atoms with E-state index in [2.05, 4.69) is 10.3 Å². The molecule has 2 aromatic rings. The first-order valence-corrected chi connectivity index (χ1v) is 5.37. The molecule has 92 valence electrons. The summed E-state index contributed by atoms with van der Waals surface area (Å²) in [5.74, 6) is -0.323. The van der Waals surface area contributed by atoms with Gasteiger partial charge in [0, 0.05) is 17.3 Å². The van der Waals surface area contributed by atoms with Gasteiger partial charge in [0.2, 0.25) is 5.56 Å². The Labute approximate surface area is 103 Å². The van der Waals surface area contributed by atoms with Crippen molar-refractivity contribution in [3.8, 4) is 5.75 Å². The maximum atomic E-state index is 11.9. The number of carbonyl (C=O) groups is 1. The molecule has 0 spiro atoms. The summed E-state index contributed by atoms with van der Waals surface area (Å²) in [6, 6.07) is 9.18. The summed E-state index contributed by atoms with van der Waals surface area (Å²) in [5.41, 5.74) is 0.911. The second-order valence-electron chi connectivity index (χ2n) is 3.83. The molecule has 0 aliphatic rings. The number of nitrogens with one attached hydrogen (secondary N) is 2. The zero-order chi connectivity index (χ0) is 13.1. The van der Waals surface area contributed by atoms with Gasteiger partial charge in [0.05, 0.1) is 0 Å². The number of benzene rings is 1. The highest BCUT2D eigenvalue weighted by molar-refractivity contribution is 6.03. The maximum Gasteiger partial charge on any atom is 0.272 e. The monoisotopic (exact) mass is 244 g/mol. The predicted octanol–water partition coefficient (Wildman–Crippen LogP) is 1.64. The lowest BCUT2D eigenvalue weighted by Crippen LogP contribution is -2.18. The van der Waals surface area contributed by atoms with Crippen molar-refractivity contribution in [2.75, 3.05) is 5.32 Å². The maximum absolute atomic E-state index is 11.9. The molecule has 1 aromatic heterocycles. The van der Waals surface area contributed by atoms with Gasteiger partial charge in [-0.3, -0.25) is 9.59 Å².